The van der Waals surface area contributed by atoms with Gasteiger partial charge in [0.05, 0.1) is 5.52 Å². The van der Waals surface area contributed by atoms with E-state index in [4.69, 9.17) is 11.6 Å². The molecule has 0 aliphatic carbocycles. The van der Waals surface area contributed by atoms with Gasteiger partial charge in [0.15, 0.2) is 0 Å². The Balaban J connectivity index is 2.29. The molecule has 1 aliphatic rings. The summed E-state index contributed by atoms with van der Waals surface area (Å²) in [6, 6.07) is 7.26. The van der Waals surface area contributed by atoms with E-state index in [0.29, 0.717) is 11.4 Å². The molecule has 0 saturated heterocycles. The number of aryl methyl sites for hydroxylation is 1. The van der Waals surface area contributed by atoms with Crippen LogP contribution in [0, 0.1) is 0 Å². The lowest BCUT2D eigenvalue weighted by Gasteiger charge is -2.23. The van der Waals surface area contributed by atoms with E-state index in [1.807, 2.05) is 22.8 Å². The van der Waals surface area contributed by atoms with Crippen LogP contribution < -0.4 is 0 Å². The van der Waals surface area contributed by atoms with Gasteiger partial charge in [0.25, 0.3) is 0 Å². The second-order valence-electron chi connectivity index (χ2n) is 4.46. The van der Waals surface area contributed by atoms with Gasteiger partial charge >= 0.3 is 5.97 Å². The van der Waals surface area contributed by atoms with Crippen molar-refractivity contribution in [2.75, 3.05) is 0 Å². The predicted molar refractivity (Wildman–Crippen MR) is 66.6 cm³/mol. The number of benzene rings is 1. The lowest BCUT2D eigenvalue weighted by molar-refractivity contribution is -0.141. The predicted octanol–water partition coefficient (Wildman–Crippen LogP) is 3.26. The van der Waals surface area contributed by atoms with Crippen molar-refractivity contribution < 1.29 is 9.90 Å². The molecule has 0 amide bonds. The first-order valence-corrected chi connectivity index (χ1v) is 6.07. The SMILES string of the molecule is O=C(O)C1CCCc2cc3ccc(Cl)cc3n21. The molecular weight excluding hydrogens is 238 g/mol. The summed E-state index contributed by atoms with van der Waals surface area (Å²) in [7, 11) is 0. The van der Waals surface area contributed by atoms with Crippen LogP contribution >= 0.6 is 11.6 Å². The van der Waals surface area contributed by atoms with E-state index >= 15 is 0 Å². The smallest absolute Gasteiger partial charge is 0.326 e. The number of hydrogen-bond acceptors (Lipinski definition) is 1. The Hall–Kier alpha value is -1.48. The number of halogens is 1. The summed E-state index contributed by atoms with van der Waals surface area (Å²) >= 11 is 5.98. The molecule has 0 fully saturated rings. The molecular formula is C13H12ClNO2. The van der Waals surface area contributed by atoms with Crippen LogP contribution in [0.5, 0.6) is 0 Å². The first-order valence-electron chi connectivity index (χ1n) is 5.69. The number of nitrogens with zero attached hydrogens (tertiary/aromatic N) is 1. The van der Waals surface area contributed by atoms with Crippen molar-refractivity contribution in [1.82, 2.24) is 4.57 Å². The molecule has 2 aromatic rings. The van der Waals surface area contributed by atoms with Gasteiger partial charge in [-0.25, -0.2) is 4.79 Å². The maximum Gasteiger partial charge on any atom is 0.326 e. The van der Waals surface area contributed by atoms with Crippen molar-refractivity contribution in [3.63, 3.8) is 0 Å². The van der Waals surface area contributed by atoms with E-state index in [0.717, 1.165) is 29.4 Å². The van der Waals surface area contributed by atoms with Crippen molar-refractivity contribution in [2.45, 2.75) is 25.3 Å². The Bertz CT molecular complexity index is 603. The van der Waals surface area contributed by atoms with Crippen LogP contribution in [-0.2, 0) is 11.2 Å². The minimum atomic E-state index is -0.761. The third kappa shape index (κ3) is 1.62. The second-order valence-corrected chi connectivity index (χ2v) is 4.89. The molecule has 1 aromatic heterocycles. The average Bonchev–Trinajstić information content (AvgIpc) is 2.66. The van der Waals surface area contributed by atoms with Crippen LogP contribution in [0.4, 0.5) is 0 Å². The number of fused-ring (bicyclic) bond motifs is 3. The van der Waals surface area contributed by atoms with Crippen molar-refractivity contribution in [1.29, 1.82) is 0 Å². The number of aliphatic carboxylic acids is 1. The fourth-order valence-electron chi connectivity index (χ4n) is 2.65. The van der Waals surface area contributed by atoms with E-state index in [2.05, 4.69) is 6.07 Å². The molecule has 88 valence electrons. The Morgan fingerprint density at radius 1 is 1.41 bits per heavy atom. The van der Waals surface area contributed by atoms with E-state index in [9.17, 15) is 9.90 Å². The zero-order chi connectivity index (χ0) is 12.0. The molecule has 0 radical (unpaired) electrons. The topological polar surface area (TPSA) is 42.2 Å². The Morgan fingerprint density at radius 2 is 2.24 bits per heavy atom. The molecule has 1 unspecified atom stereocenters. The largest absolute Gasteiger partial charge is 0.480 e. The van der Waals surface area contributed by atoms with Crippen molar-refractivity contribution in [2.24, 2.45) is 0 Å². The van der Waals surface area contributed by atoms with Gasteiger partial charge in [-0.1, -0.05) is 17.7 Å². The maximum atomic E-state index is 11.3. The van der Waals surface area contributed by atoms with E-state index in [1.165, 1.54) is 0 Å². The summed E-state index contributed by atoms with van der Waals surface area (Å²) < 4.78 is 1.92. The van der Waals surface area contributed by atoms with Crippen LogP contribution in [0.25, 0.3) is 10.9 Å². The van der Waals surface area contributed by atoms with E-state index < -0.39 is 12.0 Å². The number of carbonyl (C=O) groups is 1. The lowest BCUT2D eigenvalue weighted by atomic mass is 10.0. The van der Waals surface area contributed by atoms with Gasteiger partial charge < -0.3 is 9.67 Å². The van der Waals surface area contributed by atoms with Gasteiger partial charge in [0, 0.05) is 10.7 Å². The standard InChI is InChI=1S/C13H12ClNO2/c14-9-5-4-8-6-10-2-1-3-11(13(16)17)15(10)12(8)7-9/h4-7,11H,1-3H2,(H,16,17). The Labute approximate surface area is 104 Å². The number of rotatable bonds is 1. The monoisotopic (exact) mass is 249 g/mol. The number of carboxylic acids is 1. The summed E-state index contributed by atoms with van der Waals surface area (Å²) in [5, 5.41) is 11.0. The Kier molecular flexibility index (Phi) is 2.37. The van der Waals surface area contributed by atoms with E-state index in [1.54, 1.807) is 0 Å². The minimum Gasteiger partial charge on any atom is -0.480 e. The molecule has 1 atom stereocenters. The second kappa shape index (κ2) is 3.77. The van der Waals surface area contributed by atoms with Crippen LogP contribution in [0.2, 0.25) is 5.02 Å². The zero-order valence-electron chi connectivity index (χ0n) is 9.19. The molecule has 2 heterocycles. The first-order chi connectivity index (χ1) is 8.16. The highest BCUT2D eigenvalue weighted by Crippen LogP contribution is 2.33. The van der Waals surface area contributed by atoms with Crippen LogP contribution in [0.1, 0.15) is 24.6 Å². The molecule has 0 bridgehead atoms. The molecule has 1 aliphatic heterocycles. The van der Waals surface area contributed by atoms with Gasteiger partial charge in [-0.2, -0.15) is 0 Å². The molecule has 1 N–H and O–H groups in total. The molecule has 0 saturated carbocycles. The third-order valence-electron chi connectivity index (χ3n) is 3.39. The molecule has 3 rings (SSSR count). The maximum absolute atomic E-state index is 11.3. The zero-order valence-corrected chi connectivity index (χ0v) is 9.94. The fourth-order valence-corrected chi connectivity index (χ4v) is 2.82. The third-order valence-corrected chi connectivity index (χ3v) is 3.63. The quantitative estimate of drug-likeness (QED) is 0.843. The number of carboxylic acid groups (broad SMARTS) is 1. The molecule has 4 heteroatoms. The molecule has 1 aromatic carbocycles. The fraction of sp³-hybridized carbons (Fsp3) is 0.308. The highest BCUT2D eigenvalue weighted by Gasteiger charge is 2.27. The average molecular weight is 250 g/mol. The summed E-state index contributed by atoms with van der Waals surface area (Å²) in [5.74, 6) is -0.761. The minimum absolute atomic E-state index is 0.449. The summed E-state index contributed by atoms with van der Waals surface area (Å²) in [5.41, 5.74) is 2.03. The highest BCUT2D eigenvalue weighted by atomic mass is 35.5. The summed E-state index contributed by atoms with van der Waals surface area (Å²) in [6.45, 7) is 0. The van der Waals surface area contributed by atoms with Gasteiger partial charge in [-0.3, -0.25) is 0 Å². The van der Waals surface area contributed by atoms with E-state index in [-0.39, 0.29) is 0 Å². The summed E-state index contributed by atoms with van der Waals surface area (Å²) in [4.78, 5) is 11.3. The normalized spacial score (nSPS) is 19.2. The number of aromatic nitrogens is 1. The van der Waals surface area contributed by atoms with Crippen molar-refractivity contribution in [3.05, 3.63) is 35.0 Å². The van der Waals surface area contributed by atoms with Crippen LogP contribution in [0.3, 0.4) is 0 Å². The van der Waals surface area contributed by atoms with Crippen LogP contribution in [0.15, 0.2) is 24.3 Å². The molecule has 0 spiro atoms. The summed E-state index contributed by atoms with van der Waals surface area (Å²) in [6.07, 6.45) is 2.57. The van der Waals surface area contributed by atoms with Crippen molar-refractivity contribution in [3.8, 4) is 0 Å². The van der Waals surface area contributed by atoms with Gasteiger partial charge in [0.1, 0.15) is 6.04 Å². The van der Waals surface area contributed by atoms with Crippen LogP contribution in [-0.4, -0.2) is 15.6 Å². The first kappa shape index (κ1) is 10.7. The number of hydrogen-bond donors (Lipinski definition) is 1. The molecule has 3 nitrogen and oxygen atoms in total. The van der Waals surface area contributed by atoms with Gasteiger partial charge in [-0.05, 0) is 42.8 Å². The molecule has 17 heavy (non-hydrogen) atoms. The lowest BCUT2D eigenvalue weighted by Crippen LogP contribution is -2.24. The Morgan fingerprint density at radius 3 is 3.00 bits per heavy atom. The highest BCUT2D eigenvalue weighted by molar-refractivity contribution is 6.31. The van der Waals surface area contributed by atoms with Gasteiger partial charge in [-0.15, -0.1) is 0 Å². The van der Waals surface area contributed by atoms with Gasteiger partial charge in [0.2, 0.25) is 0 Å². The van der Waals surface area contributed by atoms with Crippen molar-refractivity contribution >= 4 is 28.5 Å².